The molecular weight excluding hydrogens is 196 g/mol. The fraction of sp³-hybridized carbons (Fsp3) is 1.00. The molecule has 0 spiro atoms. The van der Waals surface area contributed by atoms with E-state index in [1.807, 2.05) is 0 Å². The third-order valence-electron chi connectivity index (χ3n) is 4.45. The van der Waals surface area contributed by atoms with E-state index in [4.69, 9.17) is 0 Å². The number of nitrogens with zero attached hydrogens (tertiary/aromatic N) is 1. The van der Waals surface area contributed by atoms with Gasteiger partial charge < -0.3 is 10.2 Å². The van der Waals surface area contributed by atoms with Crippen molar-refractivity contribution in [2.45, 2.75) is 57.9 Å². The summed E-state index contributed by atoms with van der Waals surface area (Å²) >= 11 is 0. The van der Waals surface area contributed by atoms with Crippen LogP contribution in [0, 0.1) is 5.92 Å². The van der Waals surface area contributed by atoms with Gasteiger partial charge in [-0.2, -0.15) is 0 Å². The summed E-state index contributed by atoms with van der Waals surface area (Å²) in [5, 5.41) is 3.74. The summed E-state index contributed by atoms with van der Waals surface area (Å²) in [5.74, 6) is 0.951. The summed E-state index contributed by atoms with van der Waals surface area (Å²) < 4.78 is 0. The number of hydrogen-bond donors (Lipinski definition) is 1. The van der Waals surface area contributed by atoms with Crippen LogP contribution >= 0.6 is 0 Å². The first-order valence-corrected chi connectivity index (χ1v) is 7.32. The van der Waals surface area contributed by atoms with Crippen molar-refractivity contribution in [1.29, 1.82) is 0 Å². The lowest BCUT2D eigenvalue weighted by molar-refractivity contribution is 0.265. The second-order valence-corrected chi connectivity index (χ2v) is 5.69. The van der Waals surface area contributed by atoms with Crippen LogP contribution in [0.15, 0.2) is 0 Å². The third kappa shape index (κ3) is 3.74. The Morgan fingerprint density at radius 3 is 2.44 bits per heavy atom. The Bertz CT molecular complexity index is 181. The zero-order valence-electron chi connectivity index (χ0n) is 10.9. The van der Waals surface area contributed by atoms with Crippen LogP contribution in [0.3, 0.4) is 0 Å². The molecule has 0 radical (unpaired) electrons. The lowest BCUT2D eigenvalue weighted by Crippen LogP contribution is -2.39. The summed E-state index contributed by atoms with van der Waals surface area (Å²) in [6.07, 6.45) is 10.1. The highest BCUT2D eigenvalue weighted by atomic mass is 15.2. The highest BCUT2D eigenvalue weighted by Gasteiger charge is 2.19. The number of rotatable bonds is 5. The van der Waals surface area contributed by atoms with Crippen LogP contribution < -0.4 is 5.32 Å². The largest absolute Gasteiger partial charge is 0.313 e. The van der Waals surface area contributed by atoms with Gasteiger partial charge >= 0.3 is 0 Å². The lowest BCUT2D eigenvalue weighted by atomic mass is 9.84. The lowest BCUT2D eigenvalue weighted by Gasteiger charge is -2.29. The molecule has 1 N–H and O–H groups in total. The first-order chi connectivity index (χ1) is 7.86. The van der Waals surface area contributed by atoms with Crippen molar-refractivity contribution in [3.05, 3.63) is 0 Å². The van der Waals surface area contributed by atoms with Crippen molar-refractivity contribution in [2.75, 3.05) is 26.2 Å². The van der Waals surface area contributed by atoms with Gasteiger partial charge in [0.15, 0.2) is 0 Å². The van der Waals surface area contributed by atoms with Gasteiger partial charge in [-0.05, 0) is 51.6 Å². The minimum absolute atomic E-state index is 0.739. The molecule has 2 heteroatoms. The van der Waals surface area contributed by atoms with E-state index in [9.17, 15) is 0 Å². The molecule has 0 aromatic carbocycles. The van der Waals surface area contributed by atoms with Crippen molar-refractivity contribution in [3.63, 3.8) is 0 Å². The molecule has 1 aliphatic carbocycles. The van der Waals surface area contributed by atoms with Gasteiger partial charge in [-0.25, -0.2) is 0 Å². The highest BCUT2D eigenvalue weighted by molar-refractivity contribution is 4.76. The quantitative estimate of drug-likeness (QED) is 0.772. The van der Waals surface area contributed by atoms with Crippen molar-refractivity contribution in [3.8, 4) is 0 Å². The van der Waals surface area contributed by atoms with Gasteiger partial charge in [-0.1, -0.05) is 19.3 Å². The third-order valence-corrected chi connectivity index (χ3v) is 4.45. The molecule has 0 amide bonds. The van der Waals surface area contributed by atoms with E-state index in [1.54, 1.807) is 0 Å². The van der Waals surface area contributed by atoms with Gasteiger partial charge in [-0.3, -0.25) is 0 Å². The molecule has 1 heterocycles. The summed E-state index contributed by atoms with van der Waals surface area (Å²) in [4.78, 5) is 2.60. The minimum Gasteiger partial charge on any atom is -0.313 e. The standard InChI is InChI=1S/C14H28N2/c1-13(14-7-3-2-4-8-14)15-9-12-16-10-5-6-11-16/h13-15H,2-12H2,1H3/t13-/m1/s1. The Morgan fingerprint density at radius 2 is 1.75 bits per heavy atom. The monoisotopic (exact) mass is 224 g/mol. The first-order valence-electron chi connectivity index (χ1n) is 7.32. The maximum atomic E-state index is 3.74. The predicted molar refractivity (Wildman–Crippen MR) is 69.7 cm³/mol. The van der Waals surface area contributed by atoms with E-state index in [0.717, 1.165) is 12.0 Å². The van der Waals surface area contributed by atoms with Crippen LogP contribution in [-0.2, 0) is 0 Å². The van der Waals surface area contributed by atoms with E-state index in [0.29, 0.717) is 0 Å². The summed E-state index contributed by atoms with van der Waals surface area (Å²) in [7, 11) is 0. The van der Waals surface area contributed by atoms with Gasteiger partial charge in [0.05, 0.1) is 0 Å². The number of hydrogen-bond acceptors (Lipinski definition) is 2. The second kappa shape index (κ2) is 6.61. The molecule has 0 bridgehead atoms. The molecule has 16 heavy (non-hydrogen) atoms. The van der Waals surface area contributed by atoms with Crippen LogP contribution in [0.5, 0.6) is 0 Å². The van der Waals surface area contributed by atoms with Crippen LogP contribution in [-0.4, -0.2) is 37.1 Å². The average Bonchev–Trinajstić information content (AvgIpc) is 2.83. The first kappa shape index (κ1) is 12.4. The molecule has 2 aliphatic rings. The van der Waals surface area contributed by atoms with E-state index in [1.165, 1.54) is 71.1 Å². The predicted octanol–water partition coefficient (Wildman–Crippen LogP) is 2.64. The van der Waals surface area contributed by atoms with Crippen molar-refractivity contribution >= 4 is 0 Å². The molecule has 1 atom stereocenters. The Balaban J connectivity index is 1.57. The highest BCUT2D eigenvalue weighted by Crippen LogP contribution is 2.26. The summed E-state index contributed by atoms with van der Waals surface area (Å²) in [5.41, 5.74) is 0. The maximum Gasteiger partial charge on any atom is 0.0107 e. The number of nitrogens with one attached hydrogen (secondary N) is 1. The molecule has 1 saturated carbocycles. The normalized spacial score (nSPS) is 26.1. The fourth-order valence-electron chi connectivity index (χ4n) is 3.26. The molecule has 0 aromatic heterocycles. The molecular formula is C14H28N2. The molecule has 2 nitrogen and oxygen atoms in total. The minimum atomic E-state index is 0.739. The molecule has 0 unspecified atom stereocenters. The van der Waals surface area contributed by atoms with E-state index in [-0.39, 0.29) is 0 Å². The fourth-order valence-corrected chi connectivity index (χ4v) is 3.26. The van der Waals surface area contributed by atoms with Gasteiger partial charge in [0.25, 0.3) is 0 Å². The van der Waals surface area contributed by atoms with Gasteiger partial charge in [0.2, 0.25) is 0 Å². The SMILES string of the molecule is C[C@@H](NCCN1CCCC1)C1CCCCC1. The van der Waals surface area contributed by atoms with Gasteiger partial charge in [0.1, 0.15) is 0 Å². The van der Waals surface area contributed by atoms with Crippen LogP contribution in [0.4, 0.5) is 0 Å². The molecule has 94 valence electrons. The topological polar surface area (TPSA) is 15.3 Å². The van der Waals surface area contributed by atoms with Gasteiger partial charge in [0, 0.05) is 19.1 Å². The smallest absolute Gasteiger partial charge is 0.0107 e. The maximum absolute atomic E-state index is 3.74. The van der Waals surface area contributed by atoms with Gasteiger partial charge in [-0.15, -0.1) is 0 Å². The van der Waals surface area contributed by atoms with Crippen LogP contribution in [0.1, 0.15) is 51.9 Å². The Morgan fingerprint density at radius 1 is 1.06 bits per heavy atom. The summed E-state index contributed by atoms with van der Waals surface area (Å²) in [6.45, 7) is 7.51. The van der Waals surface area contributed by atoms with Crippen molar-refractivity contribution in [2.24, 2.45) is 5.92 Å². The Kier molecular flexibility index (Phi) is 5.11. The zero-order chi connectivity index (χ0) is 11.2. The second-order valence-electron chi connectivity index (χ2n) is 5.69. The molecule has 1 aliphatic heterocycles. The van der Waals surface area contributed by atoms with E-state index < -0.39 is 0 Å². The van der Waals surface area contributed by atoms with E-state index in [2.05, 4.69) is 17.1 Å². The Hall–Kier alpha value is -0.0800. The van der Waals surface area contributed by atoms with Crippen molar-refractivity contribution in [1.82, 2.24) is 10.2 Å². The van der Waals surface area contributed by atoms with Crippen LogP contribution in [0.2, 0.25) is 0 Å². The zero-order valence-corrected chi connectivity index (χ0v) is 10.9. The average molecular weight is 224 g/mol. The van der Waals surface area contributed by atoms with Crippen molar-refractivity contribution < 1.29 is 0 Å². The molecule has 2 fully saturated rings. The molecule has 1 saturated heterocycles. The van der Waals surface area contributed by atoms with Crippen LogP contribution in [0.25, 0.3) is 0 Å². The summed E-state index contributed by atoms with van der Waals surface area (Å²) in [6, 6.07) is 0.739. The molecule has 0 aromatic rings. The number of likely N-dealkylation sites (tertiary alicyclic amines) is 1. The Labute approximate surface area is 101 Å². The molecule has 2 rings (SSSR count). The van der Waals surface area contributed by atoms with E-state index >= 15 is 0 Å².